The molecule has 1 aliphatic heterocycles. The summed E-state index contributed by atoms with van der Waals surface area (Å²) in [6.45, 7) is 5.57. The van der Waals surface area contributed by atoms with Gasteiger partial charge in [0.05, 0.1) is 25.4 Å². The molecule has 6 N–H and O–H groups in total. The molecule has 11 nitrogen and oxygen atoms in total. The molecule has 0 saturated carbocycles. The van der Waals surface area contributed by atoms with Crippen LogP contribution in [0.25, 0.3) is 0 Å². The van der Waals surface area contributed by atoms with Crippen LogP contribution in [0.5, 0.6) is 0 Å². The first kappa shape index (κ1) is 75.1. The first-order chi connectivity index (χ1) is 39.7. The van der Waals surface area contributed by atoms with E-state index < -0.39 is 67.4 Å². The van der Waals surface area contributed by atoms with Gasteiger partial charge < -0.3 is 45.1 Å². The molecule has 1 heterocycles. The summed E-state index contributed by atoms with van der Waals surface area (Å²) in [4.78, 5) is 26.5. The van der Waals surface area contributed by atoms with Gasteiger partial charge in [-0.2, -0.15) is 0 Å². The van der Waals surface area contributed by atoms with Crippen LogP contribution < -0.4 is 5.32 Å². The lowest BCUT2D eigenvalue weighted by molar-refractivity contribution is -0.305. The van der Waals surface area contributed by atoms with Gasteiger partial charge in [-0.25, -0.2) is 0 Å². The maximum absolute atomic E-state index is 13.4. The number of unbranched alkanes of at least 4 members (excludes halogenated alkanes) is 25. The fourth-order valence-corrected chi connectivity index (χ4v) is 9.36. The van der Waals surface area contributed by atoms with Crippen LogP contribution in [-0.2, 0) is 23.8 Å². The Balaban J connectivity index is 2.62. The molecule has 1 rings (SSSR count). The largest absolute Gasteiger partial charge is 0.454 e. The third-order valence-corrected chi connectivity index (χ3v) is 14.5. The van der Waals surface area contributed by atoms with E-state index >= 15 is 0 Å². The Hall–Kier alpha value is -3.94. The van der Waals surface area contributed by atoms with Crippen molar-refractivity contribution in [1.29, 1.82) is 0 Å². The molecule has 1 saturated heterocycles. The molecule has 0 spiro atoms. The minimum Gasteiger partial charge on any atom is -0.454 e. The molecule has 8 atom stereocenters. The second kappa shape index (κ2) is 56.5. The van der Waals surface area contributed by atoms with Crippen molar-refractivity contribution in [3.05, 3.63) is 122 Å². The lowest BCUT2D eigenvalue weighted by atomic mass is 9.99. The summed E-state index contributed by atoms with van der Waals surface area (Å²) in [6.07, 6.45) is 68.1. The summed E-state index contributed by atoms with van der Waals surface area (Å²) in [7, 11) is 0. The summed E-state index contributed by atoms with van der Waals surface area (Å²) >= 11 is 0. The van der Waals surface area contributed by atoms with Gasteiger partial charge in [0, 0.05) is 6.42 Å². The average molecular weight is 1130 g/mol. The number of aliphatic hydroxyl groups excluding tert-OH is 5. The number of ether oxygens (including phenoxy) is 3. The highest BCUT2D eigenvalue weighted by molar-refractivity contribution is 5.80. The maximum Gasteiger partial charge on any atom is 0.306 e. The number of allylic oxidation sites excluding steroid dienone is 19. The zero-order valence-electron chi connectivity index (χ0n) is 51.1. The highest BCUT2D eigenvalue weighted by Gasteiger charge is 2.47. The van der Waals surface area contributed by atoms with Crippen molar-refractivity contribution in [3.63, 3.8) is 0 Å². The Bertz CT molecular complexity index is 1780. The van der Waals surface area contributed by atoms with Crippen LogP contribution in [0.4, 0.5) is 0 Å². The average Bonchev–Trinajstić information content (AvgIpc) is 3.50. The van der Waals surface area contributed by atoms with Crippen molar-refractivity contribution in [3.8, 4) is 0 Å². The van der Waals surface area contributed by atoms with E-state index in [1.807, 2.05) is 54.7 Å². The van der Waals surface area contributed by atoms with E-state index in [0.717, 1.165) is 96.3 Å². The van der Waals surface area contributed by atoms with Crippen molar-refractivity contribution in [2.45, 2.75) is 294 Å². The zero-order chi connectivity index (χ0) is 58.9. The highest BCUT2D eigenvalue weighted by atomic mass is 16.7. The van der Waals surface area contributed by atoms with Gasteiger partial charge in [0.15, 0.2) is 12.4 Å². The van der Waals surface area contributed by atoms with E-state index in [9.17, 15) is 35.1 Å². The number of esters is 1. The zero-order valence-corrected chi connectivity index (χ0v) is 51.1. The molecule has 1 aliphatic rings. The van der Waals surface area contributed by atoms with Crippen LogP contribution in [0, 0.1) is 0 Å². The summed E-state index contributed by atoms with van der Waals surface area (Å²) < 4.78 is 17.6. The van der Waals surface area contributed by atoms with Crippen LogP contribution in [0.3, 0.4) is 0 Å². The molecule has 0 bridgehead atoms. The molecule has 1 amide bonds. The summed E-state index contributed by atoms with van der Waals surface area (Å²) in [5.41, 5.74) is 0. The molecule has 0 aromatic heterocycles. The van der Waals surface area contributed by atoms with E-state index in [0.29, 0.717) is 12.8 Å². The second-order valence-corrected chi connectivity index (χ2v) is 21.9. The van der Waals surface area contributed by atoms with Crippen LogP contribution >= 0.6 is 0 Å². The smallest absolute Gasteiger partial charge is 0.306 e. The number of rotatable bonds is 53. The van der Waals surface area contributed by atoms with Gasteiger partial charge in [0.1, 0.15) is 24.4 Å². The fraction of sp³-hybridized carbons (Fsp3) is 0.686. The van der Waals surface area contributed by atoms with Crippen molar-refractivity contribution in [1.82, 2.24) is 5.32 Å². The van der Waals surface area contributed by atoms with Gasteiger partial charge in [0.25, 0.3) is 0 Å². The van der Waals surface area contributed by atoms with Crippen LogP contribution in [0.15, 0.2) is 122 Å². The molecule has 0 aliphatic carbocycles. The maximum atomic E-state index is 13.4. The van der Waals surface area contributed by atoms with Crippen molar-refractivity contribution in [2.75, 3.05) is 13.2 Å². The number of carbonyl (C=O) groups excluding carboxylic acids is 2. The third-order valence-electron chi connectivity index (χ3n) is 14.5. The number of hydrogen-bond acceptors (Lipinski definition) is 10. The monoisotopic (exact) mass is 1130 g/mol. The van der Waals surface area contributed by atoms with Crippen molar-refractivity contribution >= 4 is 11.9 Å². The van der Waals surface area contributed by atoms with Crippen LogP contribution in [0.2, 0.25) is 0 Å². The van der Waals surface area contributed by atoms with Gasteiger partial charge in [-0.15, -0.1) is 0 Å². The van der Waals surface area contributed by atoms with Gasteiger partial charge in [0.2, 0.25) is 5.91 Å². The van der Waals surface area contributed by atoms with E-state index in [-0.39, 0.29) is 19.4 Å². The first-order valence-corrected chi connectivity index (χ1v) is 32.4. The van der Waals surface area contributed by atoms with E-state index in [1.165, 1.54) is 103 Å². The lowest BCUT2D eigenvalue weighted by Crippen LogP contribution is -2.61. The summed E-state index contributed by atoms with van der Waals surface area (Å²) in [6, 6.07) is -1.04. The Labute approximate surface area is 493 Å². The van der Waals surface area contributed by atoms with E-state index in [1.54, 1.807) is 6.08 Å². The minimum absolute atomic E-state index is 0.0680. The number of amides is 1. The van der Waals surface area contributed by atoms with E-state index in [4.69, 9.17) is 14.2 Å². The molecular formula is C70H117NO10. The number of hydrogen-bond donors (Lipinski definition) is 6. The SMILES string of the molecule is CC/C=C/C=C/C=C\C=C/C=C/CCCCCC(=O)OC1C(OCC(NC(=O)C(O)CCCCCCCCCCCC/C=C\C/C=C\C/C=C\C/C=C\CCCCC)C(O)/C=C/CCCCCCCCCCC)OC(CO)C(O)C1O. The van der Waals surface area contributed by atoms with Gasteiger partial charge in [-0.1, -0.05) is 271 Å². The molecule has 0 radical (unpaired) electrons. The molecule has 0 aromatic carbocycles. The molecule has 81 heavy (non-hydrogen) atoms. The third kappa shape index (κ3) is 44.3. The highest BCUT2D eigenvalue weighted by Crippen LogP contribution is 2.26. The van der Waals surface area contributed by atoms with Crippen molar-refractivity contribution < 1.29 is 49.3 Å². The van der Waals surface area contributed by atoms with Gasteiger partial charge in [-0.05, 0) is 89.9 Å². The minimum atomic E-state index is -1.64. The number of aliphatic hydroxyl groups is 5. The number of nitrogens with one attached hydrogen (secondary N) is 1. The summed E-state index contributed by atoms with van der Waals surface area (Å²) in [5, 5.41) is 57.0. The first-order valence-electron chi connectivity index (χ1n) is 32.4. The summed E-state index contributed by atoms with van der Waals surface area (Å²) in [5.74, 6) is -1.25. The molecule has 1 fully saturated rings. The fourth-order valence-electron chi connectivity index (χ4n) is 9.36. The molecule has 11 heteroatoms. The molecule has 8 unspecified atom stereocenters. The quantitative estimate of drug-likeness (QED) is 0.0149. The predicted molar refractivity (Wildman–Crippen MR) is 338 cm³/mol. The van der Waals surface area contributed by atoms with Gasteiger partial charge >= 0.3 is 5.97 Å². The Morgan fingerprint density at radius 3 is 1.47 bits per heavy atom. The predicted octanol–water partition coefficient (Wildman–Crippen LogP) is 15.8. The van der Waals surface area contributed by atoms with Crippen LogP contribution in [-0.4, -0.2) is 99.6 Å². The molecular weight excluding hydrogens is 1010 g/mol. The van der Waals surface area contributed by atoms with E-state index in [2.05, 4.69) is 86.8 Å². The topological polar surface area (TPSA) is 175 Å². The normalized spacial score (nSPS) is 19.5. The number of carbonyl (C=O) groups is 2. The van der Waals surface area contributed by atoms with Crippen molar-refractivity contribution in [2.24, 2.45) is 0 Å². The van der Waals surface area contributed by atoms with Crippen LogP contribution in [0.1, 0.15) is 245 Å². The Kier molecular flexibility index (Phi) is 52.4. The Morgan fingerprint density at radius 1 is 0.506 bits per heavy atom. The standard InChI is InChI=1S/C70H117NO10/c1-4-7-10-13-16-19-22-24-26-27-28-29-30-31-32-33-34-35-36-38-39-42-45-48-51-54-57-63(74)69(78)71-61(62(73)56-53-50-47-44-41-21-18-15-12-9-6-3)60-79-70-68(67(77)66(76)64(59-72)80-70)81-65(75)58-55-52-49-46-43-40-37-25-23-20-17-14-11-8-5-2/h8,11,14,16-17,19-20,23-26,28-29,31-32,37,40,43,53,56,61-64,66-68,70,72-74,76-77H,4-7,9-10,12-13,15,18,21-22,27,30,33-36,38-39,41-42,44-52,54-55,57-60H2,1-3H3,(H,71,78)/b11-8+,17-14+,19-16-,23-20-,26-24-,29-28-,32-31-,37-25-,43-40+,56-53+. The molecule has 0 aromatic rings. The second-order valence-electron chi connectivity index (χ2n) is 21.9. The molecule has 462 valence electrons. The lowest BCUT2D eigenvalue weighted by Gasteiger charge is -2.41. The van der Waals surface area contributed by atoms with Gasteiger partial charge in [-0.3, -0.25) is 9.59 Å². The Morgan fingerprint density at radius 2 is 0.938 bits per heavy atom.